The lowest BCUT2D eigenvalue weighted by Crippen LogP contribution is -2.41. The van der Waals surface area contributed by atoms with Crippen LogP contribution in [0.2, 0.25) is 0 Å². The summed E-state index contributed by atoms with van der Waals surface area (Å²) in [5.41, 5.74) is 2.44. The van der Waals surface area contributed by atoms with Gasteiger partial charge >= 0.3 is 0 Å². The molecule has 1 aliphatic rings. The molecule has 1 aromatic heterocycles. The number of nitrogens with one attached hydrogen (secondary N) is 2. The summed E-state index contributed by atoms with van der Waals surface area (Å²) >= 11 is 1.72. The molecular formula is C19H24N2OS. The first-order valence-electron chi connectivity index (χ1n) is 8.26. The van der Waals surface area contributed by atoms with Gasteiger partial charge in [0.05, 0.1) is 12.6 Å². The predicted molar refractivity (Wildman–Crippen MR) is 95.7 cm³/mol. The van der Waals surface area contributed by atoms with Crippen LogP contribution in [0, 0.1) is 12.8 Å². The van der Waals surface area contributed by atoms with Crippen molar-refractivity contribution in [2.45, 2.75) is 38.8 Å². The summed E-state index contributed by atoms with van der Waals surface area (Å²) < 4.78 is 0. The van der Waals surface area contributed by atoms with E-state index in [-0.39, 0.29) is 11.9 Å². The molecule has 0 saturated heterocycles. The van der Waals surface area contributed by atoms with Crippen molar-refractivity contribution in [1.29, 1.82) is 0 Å². The van der Waals surface area contributed by atoms with Gasteiger partial charge in [-0.15, -0.1) is 11.3 Å². The highest BCUT2D eigenvalue weighted by Crippen LogP contribution is 2.32. The van der Waals surface area contributed by atoms with Crippen molar-refractivity contribution in [2.24, 2.45) is 5.92 Å². The van der Waals surface area contributed by atoms with Gasteiger partial charge in [0.1, 0.15) is 0 Å². The van der Waals surface area contributed by atoms with E-state index in [4.69, 9.17) is 0 Å². The van der Waals surface area contributed by atoms with Gasteiger partial charge in [0, 0.05) is 10.9 Å². The molecule has 2 N–H and O–H groups in total. The Labute approximate surface area is 142 Å². The van der Waals surface area contributed by atoms with Gasteiger partial charge in [-0.2, -0.15) is 0 Å². The van der Waals surface area contributed by atoms with Crippen molar-refractivity contribution < 1.29 is 4.79 Å². The Bertz CT molecular complexity index is 632. The zero-order valence-electron chi connectivity index (χ0n) is 13.7. The van der Waals surface area contributed by atoms with E-state index < -0.39 is 0 Å². The van der Waals surface area contributed by atoms with Crippen LogP contribution in [0.5, 0.6) is 0 Å². The molecule has 1 aliphatic carbocycles. The fourth-order valence-corrected chi connectivity index (χ4v) is 3.64. The van der Waals surface area contributed by atoms with Crippen molar-refractivity contribution in [3.8, 4) is 0 Å². The Hall–Kier alpha value is -1.65. The maximum absolute atomic E-state index is 12.2. The molecule has 1 saturated carbocycles. The first kappa shape index (κ1) is 16.2. The third-order valence-electron chi connectivity index (χ3n) is 4.42. The molecule has 0 bridgehead atoms. The van der Waals surface area contributed by atoms with E-state index in [1.54, 1.807) is 11.3 Å². The lowest BCUT2D eigenvalue weighted by atomic mass is 10.0. The van der Waals surface area contributed by atoms with Gasteiger partial charge in [-0.1, -0.05) is 35.9 Å². The van der Waals surface area contributed by atoms with Crippen molar-refractivity contribution in [1.82, 2.24) is 10.6 Å². The zero-order valence-corrected chi connectivity index (χ0v) is 14.5. The average Bonchev–Trinajstić information content (AvgIpc) is 3.26. The number of hydrogen-bond acceptors (Lipinski definition) is 3. The van der Waals surface area contributed by atoms with E-state index in [0.29, 0.717) is 18.5 Å². The summed E-state index contributed by atoms with van der Waals surface area (Å²) in [5, 5.41) is 8.60. The number of thiophene rings is 1. The van der Waals surface area contributed by atoms with Gasteiger partial charge in [0.15, 0.2) is 0 Å². The predicted octanol–water partition coefficient (Wildman–Crippen LogP) is 3.65. The van der Waals surface area contributed by atoms with Crippen LogP contribution in [0.25, 0.3) is 0 Å². The maximum atomic E-state index is 12.2. The molecule has 3 nitrogen and oxygen atoms in total. The second kappa shape index (κ2) is 7.28. The topological polar surface area (TPSA) is 41.1 Å². The van der Waals surface area contributed by atoms with Crippen LogP contribution in [-0.4, -0.2) is 18.5 Å². The second-order valence-corrected chi connectivity index (χ2v) is 7.41. The van der Waals surface area contributed by atoms with Gasteiger partial charge in [0.25, 0.3) is 0 Å². The molecule has 4 heteroatoms. The molecule has 122 valence electrons. The summed E-state index contributed by atoms with van der Waals surface area (Å²) in [6, 6.07) is 13.0. The van der Waals surface area contributed by atoms with E-state index in [1.807, 2.05) is 0 Å². The highest BCUT2D eigenvalue weighted by molar-refractivity contribution is 7.10. The van der Waals surface area contributed by atoms with Gasteiger partial charge < -0.3 is 5.32 Å². The average molecular weight is 328 g/mol. The Morgan fingerprint density at radius 1 is 1.26 bits per heavy atom. The molecule has 1 aromatic carbocycles. The van der Waals surface area contributed by atoms with E-state index in [9.17, 15) is 4.79 Å². The quantitative estimate of drug-likeness (QED) is 0.814. The van der Waals surface area contributed by atoms with Gasteiger partial charge in [0.2, 0.25) is 5.91 Å². The molecule has 2 atom stereocenters. The van der Waals surface area contributed by atoms with Gasteiger partial charge in [-0.05, 0) is 49.6 Å². The van der Waals surface area contributed by atoms with Crippen molar-refractivity contribution in [3.05, 3.63) is 57.8 Å². The van der Waals surface area contributed by atoms with E-state index in [1.165, 1.54) is 28.8 Å². The van der Waals surface area contributed by atoms with Crippen LogP contribution in [0.15, 0.2) is 41.8 Å². The van der Waals surface area contributed by atoms with Gasteiger partial charge in [-0.25, -0.2) is 0 Å². The molecular weight excluding hydrogens is 304 g/mol. The molecule has 1 amide bonds. The highest BCUT2D eigenvalue weighted by Gasteiger charge is 2.28. The van der Waals surface area contributed by atoms with Crippen LogP contribution in [-0.2, 0) is 4.79 Å². The summed E-state index contributed by atoms with van der Waals surface area (Å²) in [7, 11) is 0. The normalized spacial score (nSPS) is 16.8. The van der Waals surface area contributed by atoms with Gasteiger partial charge in [-0.3, -0.25) is 10.1 Å². The second-order valence-electron chi connectivity index (χ2n) is 6.43. The third-order valence-corrected chi connectivity index (χ3v) is 5.36. The summed E-state index contributed by atoms with van der Waals surface area (Å²) in [6.45, 7) is 4.53. The number of benzene rings is 1. The molecule has 0 aliphatic heterocycles. The molecule has 1 heterocycles. The highest BCUT2D eigenvalue weighted by atomic mass is 32.1. The number of aryl methyl sites for hydroxylation is 1. The Balaban J connectivity index is 1.64. The maximum Gasteiger partial charge on any atom is 0.234 e. The Morgan fingerprint density at radius 3 is 2.61 bits per heavy atom. The fraction of sp³-hybridized carbons (Fsp3) is 0.421. The SMILES string of the molecule is Cc1ccc([C@H](NCC(=O)N[C@H](C)C2CC2)c2cccs2)cc1. The molecule has 0 unspecified atom stereocenters. The summed E-state index contributed by atoms with van der Waals surface area (Å²) in [5.74, 6) is 0.766. The third kappa shape index (κ3) is 4.43. The number of carbonyl (C=O) groups is 1. The van der Waals surface area contributed by atoms with Crippen LogP contribution in [0.4, 0.5) is 0 Å². The standard InChI is InChI=1S/C19H24N2OS/c1-13-5-7-16(8-6-13)19(17-4-3-11-23-17)20-12-18(22)21-14(2)15-9-10-15/h3-8,11,14-15,19-20H,9-10,12H2,1-2H3,(H,21,22)/t14-,19+/m1/s1. The zero-order chi connectivity index (χ0) is 16.2. The number of carbonyl (C=O) groups excluding carboxylic acids is 1. The monoisotopic (exact) mass is 328 g/mol. The lowest BCUT2D eigenvalue weighted by Gasteiger charge is -2.19. The molecule has 0 radical (unpaired) electrons. The van der Waals surface area contributed by atoms with Crippen molar-refractivity contribution in [2.75, 3.05) is 6.54 Å². The minimum absolute atomic E-state index is 0.0672. The molecule has 3 rings (SSSR count). The minimum Gasteiger partial charge on any atom is -0.352 e. The van der Waals surface area contributed by atoms with E-state index >= 15 is 0 Å². The summed E-state index contributed by atoms with van der Waals surface area (Å²) in [4.78, 5) is 13.4. The first-order valence-corrected chi connectivity index (χ1v) is 9.14. The van der Waals surface area contributed by atoms with Crippen LogP contribution in [0.3, 0.4) is 0 Å². The Kier molecular flexibility index (Phi) is 5.13. The van der Waals surface area contributed by atoms with Crippen LogP contribution >= 0.6 is 11.3 Å². The largest absolute Gasteiger partial charge is 0.352 e. The number of rotatable bonds is 7. The summed E-state index contributed by atoms with van der Waals surface area (Å²) in [6.07, 6.45) is 2.49. The van der Waals surface area contributed by atoms with Crippen LogP contribution < -0.4 is 10.6 Å². The molecule has 2 aromatic rings. The lowest BCUT2D eigenvalue weighted by molar-refractivity contribution is -0.121. The van der Waals surface area contributed by atoms with Crippen molar-refractivity contribution in [3.63, 3.8) is 0 Å². The molecule has 23 heavy (non-hydrogen) atoms. The van der Waals surface area contributed by atoms with Crippen molar-refractivity contribution >= 4 is 17.2 Å². The number of hydrogen-bond donors (Lipinski definition) is 2. The van der Waals surface area contributed by atoms with E-state index in [2.05, 4.69) is 66.3 Å². The molecule has 0 spiro atoms. The minimum atomic E-state index is 0.0672. The smallest absolute Gasteiger partial charge is 0.234 e. The molecule has 1 fully saturated rings. The fourth-order valence-electron chi connectivity index (χ4n) is 2.81. The van der Waals surface area contributed by atoms with Crippen LogP contribution in [0.1, 0.15) is 41.8 Å². The Morgan fingerprint density at radius 2 is 2.00 bits per heavy atom. The number of amides is 1. The van der Waals surface area contributed by atoms with E-state index in [0.717, 1.165) is 0 Å². The first-order chi connectivity index (χ1) is 11.1.